The summed E-state index contributed by atoms with van der Waals surface area (Å²) in [5.74, 6) is 0.764. The van der Waals surface area contributed by atoms with Gasteiger partial charge in [0.25, 0.3) is 0 Å². The van der Waals surface area contributed by atoms with Gasteiger partial charge in [0.2, 0.25) is 0 Å². The fourth-order valence-corrected chi connectivity index (χ4v) is 1.94. The minimum absolute atomic E-state index is 0.0340. The van der Waals surface area contributed by atoms with E-state index in [0.717, 1.165) is 23.3 Å². The minimum atomic E-state index is -0.0340. The zero-order chi connectivity index (χ0) is 14.5. The fraction of sp³-hybridized carbons (Fsp3) is 0.235. The van der Waals surface area contributed by atoms with Crippen molar-refractivity contribution in [1.29, 1.82) is 0 Å². The maximum atomic E-state index is 10.6. The summed E-state index contributed by atoms with van der Waals surface area (Å²) in [7, 11) is 4.03. The molecule has 0 saturated carbocycles. The van der Waals surface area contributed by atoms with Crippen LogP contribution in [0.15, 0.2) is 48.5 Å². The van der Waals surface area contributed by atoms with Crippen LogP contribution in [0.2, 0.25) is 0 Å². The van der Waals surface area contributed by atoms with E-state index in [1.807, 2.05) is 33.2 Å². The monoisotopic (exact) mass is 269 g/mol. The summed E-state index contributed by atoms with van der Waals surface area (Å²) in [6.07, 6.45) is 0.793. The SMILES string of the molecule is CC(Oc1ccc(C=O)cc1)c1ccc(N(C)C)cc1. The lowest BCUT2D eigenvalue weighted by Gasteiger charge is -2.17. The molecule has 3 heteroatoms. The van der Waals surface area contributed by atoms with Crippen molar-refractivity contribution in [1.82, 2.24) is 0 Å². The van der Waals surface area contributed by atoms with E-state index in [-0.39, 0.29) is 6.10 Å². The second-order valence-electron chi connectivity index (χ2n) is 4.93. The van der Waals surface area contributed by atoms with Gasteiger partial charge in [-0.1, -0.05) is 12.1 Å². The van der Waals surface area contributed by atoms with Gasteiger partial charge < -0.3 is 9.64 Å². The molecule has 1 unspecified atom stereocenters. The molecule has 0 aliphatic heterocycles. The van der Waals surface area contributed by atoms with Crippen molar-refractivity contribution in [2.45, 2.75) is 13.0 Å². The Kier molecular flexibility index (Phi) is 4.41. The van der Waals surface area contributed by atoms with E-state index in [4.69, 9.17) is 4.74 Å². The summed E-state index contributed by atoms with van der Waals surface area (Å²) in [6.45, 7) is 2.01. The Hall–Kier alpha value is -2.29. The van der Waals surface area contributed by atoms with Crippen LogP contribution >= 0.6 is 0 Å². The molecule has 104 valence electrons. The molecular weight excluding hydrogens is 250 g/mol. The Bertz CT molecular complexity index is 559. The molecule has 3 nitrogen and oxygen atoms in total. The number of anilines is 1. The van der Waals surface area contributed by atoms with Crippen LogP contribution < -0.4 is 9.64 Å². The number of carbonyl (C=O) groups is 1. The molecule has 0 fully saturated rings. The molecule has 0 aromatic heterocycles. The van der Waals surface area contributed by atoms with Gasteiger partial charge in [0.15, 0.2) is 0 Å². The summed E-state index contributed by atoms with van der Waals surface area (Å²) in [6, 6.07) is 15.4. The largest absolute Gasteiger partial charge is 0.486 e. The van der Waals surface area contributed by atoms with Crippen molar-refractivity contribution in [3.63, 3.8) is 0 Å². The van der Waals surface area contributed by atoms with Crippen LogP contribution in [0.3, 0.4) is 0 Å². The van der Waals surface area contributed by atoms with Crippen molar-refractivity contribution in [3.8, 4) is 5.75 Å². The number of benzene rings is 2. The van der Waals surface area contributed by atoms with Gasteiger partial charge in [0, 0.05) is 25.3 Å². The molecule has 0 spiro atoms. The Labute approximate surface area is 119 Å². The molecule has 20 heavy (non-hydrogen) atoms. The average Bonchev–Trinajstić information content (AvgIpc) is 2.48. The molecular formula is C17H19NO2. The van der Waals surface area contributed by atoms with Crippen LogP contribution in [0.1, 0.15) is 28.9 Å². The number of ether oxygens (including phenoxy) is 1. The third kappa shape index (κ3) is 3.38. The standard InChI is InChI=1S/C17H19NO2/c1-13(15-6-8-16(9-7-15)18(2)3)20-17-10-4-14(12-19)5-11-17/h4-13H,1-3H3. The van der Waals surface area contributed by atoms with Gasteiger partial charge in [0.1, 0.15) is 18.1 Å². The van der Waals surface area contributed by atoms with Gasteiger partial charge in [-0.25, -0.2) is 0 Å². The Morgan fingerprint density at radius 3 is 2.10 bits per heavy atom. The summed E-state index contributed by atoms with van der Waals surface area (Å²) in [5.41, 5.74) is 2.94. The molecule has 0 bridgehead atoms. The summed E-state index contributed by atoms with van der Waals surface area (Å²) in [4.78, 5) is 12.7. The first-order chi connectivity index (χ1) is 9.60. The second kappa shape index (κ2) is 6.24. The van der Waals surface area contributed by atoms with E-state index in [2.05, 4.69) is 29.2 Å². The smallest absolute Gasteiger partial charge is 0.150 e. The molecule has 0 aliphatic rings. The van der Waals surface area contributed by atoms with Gasteiger partial charge in [-0.15, -0.1) is 0 Å². The summed E-state index contributed by atoms with van der Waals surface area (Å²) < 4.78 is 5.87. The van der Waals surface area contributed by atoms with Gasteiger partial charge in [-0.3, -0.25) is 4.79 Å². The number of rotatable bonds is 5. The zero-order valence-corrected chi connectivity index (χ0v) is 12.0. The highest BCUT2D eigenvalue weighted by atomic mass is 16.5. The predicted molar refractivity (Wildman–Crippen MR) is 81.6 cm³/mol. The first-order valence-corrected chi connectivity index (χ1v) is 6.59. The maximum absolute atomic E-state index is 10.6. The van der Waals surface area contributed by atoms with Gasteiger partial charge in [0.05, 0.1) is 0 Å². The van der Waals surface area contributed by atoms with Gasteiger partial charge in [-0.05, 0) is 48.9 Å². The Morgan fingerprint density at radius 1 is 1.00 bits per heavy atom. The minimum Gasteiger partial charge on any atom is -0.486 e. The number of carbonyl (C=O) groups excluding carboxylic acids is 1. The van der Waals surface area contributed by atoms with Crippen molar-refractivity contribution >= 4 is 12.0 Å². The number of hydrogen-bond acceptors (Lipinski definition) is 3. The third-order valence-corrected chi connectivity index (χ3v) is 3.21. The lowest BCUT2D eigenvalue weighted by Crippen LogP contribution is -2.09. The van der Waals surface area contributed by atoms with Crippen molar-refractivity contribution in [2.75, 3.05) is 19.0 Å². The first-order valence-electron chi connectivity index (χ1n) is 6.59. The molecule has 2 aromatic carbocycles. The van der Waals surface area contributed by atoms with Gasteiger partial charge in [-0.2, -0.15) is 0 Å². The molecule has 2 aromatic rings. The van der Waals surface area contributed by atoms with E-state index in [9.17, 15) is 4.79 Å². The second-order valence-corrected chi connectivity index (χ2v) is 4.93. The zero-order valence-electron chi connectivity index (χ0n) is 12.0. The van der Waals surface area contributed by atoms with Gasteiger partial charge >= 0.3 is 0 Å². The third-order valence-electron chi connectivity index (χ3n) is 3.21. The lowest BCUT2D eigenvalue weighted by molar-refractivity contribution is 0.112. The average molecular weight is 269 g/mol. The van der Waals surface area contributed by atoms with Crippen LogP contribution in [0.4, 0.5) is 5.69 Å². The van der Waals surface area contributed by atoms with Crippen LogP contribution in [-0.4, -0.2) is 20.4 Å². The number of nitrogens with zero attached hydrogens (tertiary/aromatic N) is 1. The van der Waals surface area contributed by atoms with Crippen LogP contribution in [0, 0.1) is 0 Å². The summed E-state index contributed by atoms with van der Waals surface area (Å²) in [5, 5.41) is 0. The predicted octanol–water partition coefficient (Wildman–Crippen LogP) is 3.71. The highest BCUT2D eigenvalue weighted by Gasteiger charge is 2.07. The Morgan fingerprint density at radius 2 is 1.60 bits per heavy atom. The number of aldehydes is 1. The molecule has 0 aliphatic carbocycles. The van der Waals surface area contributed by atoms with E-state index < -0.39 is 0 Å². The topological polar surface area (TPSA) is 29.5 Å². The van der Waals surface area contributed by atoms with Crippen molar-refractivity contribution in [2.24, 2.45) is 0 Å². The Balaban J connectivity index is 2.06. The highest BCUT2D eigenvalue weighted by molar-refractivity contribution is 5.74. The quantitative estimate of drug-likeness (QED) is 0.775. The van der Waals surface area contributed by atoms with E-state index in [1.54, 1.807) is 12.1 Å². The summed E-state index contributed by atoms with van der Waals surface area (Å²) >= 11 is 0. The molecule has 1 atom stereocenters. The number of hydrogen-bond donors (Lipinski definition) is 0. The molecule has 0 heterocycles. The van der Waals surface area contributed by atoms with E-state index in [0.29, 0.717) is 5.56 Å². The normalized spacial score (nSPS) is 11.8. The molecule has 2 rings (SSSR count). The maximum Gasteiger partial charge on any atom is 0.150 e. The lowest BCUT2D eigenvalue weighted by atomic mass is 10.1. The molecule has 0 amide bonds. The van der Waals surface area contributed by atoms with E-state index in [1.165, 1.54) is 0 Å². The van der Waals surface area contributed by atoms with Crippen LogP contribution in [0.5, 0.6) is 5.75 Å². The fourth-order valence-electron chi connectivity index (χ4n) is 1.94. The van der Waals surface area contributed by atoms with Crippen molar-refractivity contribution in [3.05, 3.63) is 59.7 Å². The first kappa shape index (κ1) is 14.1. The molecule has 0 radical (unpaired) electrons. The highest BCUT2D eigenvalue weighted by Crippen LogP contribution is 2.23. The molecule has 0 saturated heterocycles. The molecule has 0 N–H and O–H groups in total. The van der Waals surface area contributed by atoms with Crippen LogP contribution in [0.25, 0.3) is 0 Å². The van der Waals surface area contributed by atoms with Crippen molar-refractivity contribution < 1.29 is 9.53 Å². The van der Waals surface area contributed by atoms with E-state index >= 15 is 0 Å². The van der Waals surface area contributed by atoms with Crippen LogP contribution in [-0.2, 0) is 0 Å².